The van der Waals surface area contributed by atoms with Crippen molar-refractivity contribution in [1.29, 1.82) is 0 Å². The zero-order chi connectivity index (χ0) is 12.4. The third-order valence-electron chi connectivity index (χ3n) is 3.86. The summed E-state index contributed by atoms with van der Waals surface area (Å²) in [6, 6.07) is 8.80. The number of nitrogens with two attached hydrogens (primary N) is 1. The third-order valence-corrected chi connectivity index (χ3v) is 4.67. The van der Waals surface area contributed by atoms with E-state index in [1.807, 2.05) is 11.6 Å². The summed E-state index contributed by atoms with van der Waals surface area (Å²) in [6.45, 7) is 0. The van der Waals surface area contributed by atoms with Gasteiger partial charge in [-0.15, -0.1) is 11.3 Å². The minimum absolute atomic E-state index is 0.160. The number of rotatable bonds is 2. The molecule has 0 saturated carbocycles. The minimum atomic E-state index is 0.160. The molecule has 0 saturated heterocycles. The molecule has 2 nitrogen and oxygen atoms in total. The fourth-order valence-corrected chi connectivity index (χ4v) is 3.59. The lowest BCUT2D eigenvalue weighted by atomic mass is 9.89. The number of aromatic nitrogens is 1. The van der Waals surface area contributed by atoms with E-state index in [4.69, 9.17) is 5.73 Å². The van der Waals surface area contributed by atoms with Gasteiger partial charge in [0, 0.05) is 24.0 Å². The Kier molecular flexibility index (Phi) is 3.43. The second kappa shape index (κ2) is 5.21. The van der Waals surface area contributed by atoms with Crippen molar-refractivity contribution in [2.45, 2.75) is 31.7 Å². The number of thiazole rings is 1. The van der Waals surface area contributed by atoms with E-state index in [0.717, 1.165) is 12.8 Å². The lowest BCUT2D eigenvalue weighted by Gasteiger charge is -2.22. The van der Waals surface area contributed by atoms with Gasteiger partial charge in [-0.25, -0.2) is 4.98 Å². The summed E-state index contributed by atoms with van der Waals surface area (Å²) in [7, 11) is 0. The first-order valence-electron chi connectivity index (χ1n) is 6.56. The van der Waals surface area contributed by atoms with Crippen LogP contribution in [0.3, 0.4) is 0 Å². The van der Waals surface area contributed by atoms with Gasteiger partial charge in [-0.2, -0.15) is 0 Å². The summed E-state index contributed by atoms with van der Waals surface area (Å²) < 4.78 is 0. The molecule has 0 aliphatic heterocycles. The Morgan fingerprint density at radius 1 is 1.33 bits per heavy atom. The van der Waals surface area contributed by atoms with Crippen LogP contribution in [0.4, 0.5) is 0 Å². The monoisotopic (exact) mass is 258 g/mol. The second-order valence-electron chi connectivity index (χ2n) is 5.01. The van der Waals surface area contributed by atoms with Gasteiger partial charge in [-0.05, 0) is 36.3 Å². The minimum Gasteiger partial charge on any atom is -0.324 e. The zero-order valence-corrected chi connectivity index (χ0v) is 11.2. The fraction of sp³-hybridized carbons (Fsp3) is 0.400. The van der Waals surface area contributed by atoms with Gasteiger partial charge in [-0.1, -0.05) is 24.3 Å². The van der Waals surface area contributed by atoms with E-state index in [1.165, 1.54) is 29.0 Å². The van der Waals surface area contributed by atoms with Gasteiger partial charge in [0.1, 0.15) is 0 Å². The van der Waals surface area contributed by atoms with Gasteiger partial charge in [-0.3, -0.25) is 0 Å². The Morgan fingerprint density at radius 2 is 2.22 bits per heavy atom. The molecule has 94 valence electrons. The molecule has 1 aliphatic rings. The second-order valence-corrected chi connectivity index (χ2v) is 5.99. The van der Waals surface area contributed by atoms with Crippen LogP contribution in [0.5, 0.6) is 0 Å². The Balaban J connectivity index is 1.85. The van der Waals surface area contributed by atoms with Crippen molar-refractivity contribution in [1.82, 2.24) is 4.98 Å². The van der Waals surface area contributed by atoms with Gasteiger partial charge < -0.3 is 5.73 Å². The highest BCUT2D eigenvalue weighted by Gasteiger charge is 2.25. The van der Waals surface area contributed by atoms with Crippen LogP contribution < -0.4 is 5.73 Å². The maximum absolute atomic E-state index is 6.48. The maximum atomic E-state index is 6.48. The van der Waals surface area contributed by atoms with Crippen molar-refractivity contribution >= 4 is 11.3 Å². The Labute approximate surface area is 112 Å². The lowest BCUT2D eigenvalue weighted by Crippen LogP contribution is -2.22. The molecule has 2 N–H and O–H groups in total. The Morgan fingerprint density at radius 3 is 3.06 bits per heavy atom. The molecule has 1 aromatic heterocycles. The summed E-state index contributed by atoms with van der Waals surface area (Å²) in [5.41, 5.74) is 9.26. The fourth-order valence-electron chi connectivity index (χ4n) is 2.88. The highest BCUT2D eigenvalue weighted by Crippen LogP contribution is 2.33. The largest absolute Gasteiger partial charge is 0.324 e. The van der Waals surface area contributed by atoms with E-state index in [0.29, 0.717) is 5.92 Å². The number of fused-ring (bicyclic) bond motifs is 1. The van der Waals surface area contributed by atoms with Crippen molar-refractivity contribution in [3.05, 3.63) is 52.0 Å². The number of benzene rings is 1. The molecule has 0 spiro atoms. The van der Waals surface area contributed by atoms with Crippen LogP contribution in [-0.4, -0.2) is 4.98 Å². The van der Waals surface area contributed by atoms with Crippen LogP contribution in [-0.2, 0) is 12.8 Å². The van der Waals surface area contributed by atoms with Crippen LogP contribution in [0.15, 0.2) is 35.8 Å². The van der Waals surface area contributed by atoms with E-state index < -0.39 is 0 Å². The highest BCUT2D eigenvalue weighted by atomic mass is 32.1. The van der Waals surface area contributed by atoms with Gasteiger partial charge in [0.15, 0.2) is 0 Å². The van der Waals surface area contributed by atoms with Crippen LogP contribution in [0.1, 0.15) is 35.0 Å². The topological polar surface area (TPSA) is 38.9 Å². The Bertz CT molecular complexity index is 507. The average Bonchev–Trinajstić information content (AvgIpc) is 2.85. The van der Waals surface area contributed by atoms with Crippen molar-refractivity contribution in [2.24, 2.45) is 11.7 Å². The Hall–Kier alpha value is -1.19. The summed E-state index contributed by atoms with van der Waals surface area (Å²) in [5.74, 6) is 0.528. The third kappa shape index (κ3) is 2.33. The predicted octanol–water partition coefficient (Wildman–Crippen LogP) is 3.34. The van der Waals surface area contributed by atoms with E-state index in [1.54, 1.807) is 11.3 Å². The molecule has 2 aromatic rings. The summed E-state index contributed by atoms with van der Waals surface area (Å²) >= 11 is 1.74. The first kappa shape index (κ1) is 11.9. The summed E-state index contributed by atoms with van der Waals surface area (Å²) in [5, 5.41) is 3.26. The molecule has 0 radical (unpaired) electrons. The van der Waals surface area contributed by atoms with Crippen LogP contribution in [0.2, 0.25) is 0 Å². The lowest BCUT2D eigenvalue weighted by molar-refractivity contribution is 0.401. The average molecular weight is 258 g/mol. The number of hydrogen-bond acceptors (Lipinski definition) is 3. The van der Waals surface area contributed by atoms with E-state index >= 15 is 0 Å². The molecule has 0 fully saturated rings. The van der Waals surface area contributed by atoms with Crippen LogP contribution in [0.25, 0.3) is 0 Å². The molecular formula is C15H18N2S. The molecule has 2 atom stereocenters. The quantitative estimate of drug-likeness (QED) is 0.839. The van der Waals surface area contributed by atoms with Gasteiger partial charge in [0.2, 0.25) is 0 Å². The van der Waals surface area contributed by atoms with Crippen molar-refractivity contribution < 1.29 is 0 Å². The molecule has 3 rings (SSSR count). The highest BCUT2D eigenvalue weighted by molar-refractivity contribution is 7.09. The first-order chi connectivity index (χ1) is 8.84. The molecular weight excluding hydrogens is 240 g/mol. The van der Waals surface area contributed by atoms with E-state index in [2.05, 4.69) is 29.2 Å². The predicted molar refractivity (Wildman–Crippen MR) is 75.6 cm³/mol. The molecule has 3 heteroatoms. The standard InChI is InChI=1S/C15H18N2S/c16-15-12(10-14-17-8-9-18-14)6-3-5-11-4-1-2-7-13(11)15/h1-2,4,7-9,12,15H,3,5-6,10,16H2. The molecule has 1 aromatic carbocycles. The van der Waals surface area contributed by atoms with Crippen LogP contribution >= 0.6 is 11.3 Å². The van der Waals surface area contributed by atoms with Crippen molar-refractivity contribution in [3.8, 4) is 0 Å². The van der Waals surface area contributed by atoms with E-state index in [9.17, 15) is 0 Å². The zero-order valence-electron chi connectivity index (χ0n) is 10.4. The summed E-state index contributed by atoms with van der Waals surface area (Å²) in [4.78, 5) is 4.39. The van der Waals surface area contributed by atoms with E-state index in [-0.39, 0.29) is 6.04 Å². The molecule has 2 unspecified atom stereocenters. The van der Waals surface area contributed by atoms with Crippen LogP contribution in [0, 0.1) is 5.92 Å². The molecule has 18 heavy (non-hydrogen) atoms. The van der Waals surface area contributed by atoms with Crippen molar-refractivity contribution in [3.63, 3.8) is 0 Å². The van der Waals surface area contributed by atoms with Gasteiger partial charge >= 0.3 is 0 Å². The van der Waals surface area contributed by atoms with Gasteiger partial charge in [0.05, 0.1) is 5.01 Å². The molecule has 1 aliphatic carbocycles. The molecule has 0 bridgehead atoms. The maximum Gasteiger partial charge on any atom is 0.0928 e. The van der Waals surface area contributed by atoms with Gasteiger partial charge in [0.25, 0.3) is 0 Å². The normalized spacial score (nSPS) is 23.4. The summed E-state index contributed by atoms with van der Waals surface area (Å²) in [6.07, 6.45) is 6.51. The molecule has 1 heterocycles. The number of hydrogen-bond donors (Lipinski definition) is 1. The number of nitrogens with zero attached hydrogens (tertiary/aromatic N) is 1. The van der Waals surface area contributed by atoms with Crippen molar-refractivity contribution in [2.75, 3.05) is 0 Å². The first-order valence-corrected chi connectivity index (χ1v) is 7.44. The smallest absolute Gasteiger partial charge is 0.0928 e. The molecule has 0 amide bonds. The SMILES string of the molecule is NC1c2ccccc2CCCC1Cc1nccs1. The number of aryl methyl sites for hydroxylation is 1.